The number of ether oxygens (including phenoxy) is 1. The van der Waals surface area contributed by atoms with Gasteiger partial charge in [-0.25, -0.2) is 0 Å². The maximum absolute atomic E-state index is 6.54. The zero-order valence-electron chi connectivity index (χ0n) is 12.9. The van der Waals surface area contributed by atoms with Gasteiger partial charge in [-0.3, -0.25) is 0 Å². The van der Waals surface area contributed by atoms with Crippen molar-refractivity contribution in [3.63, 3.8) is 0 Å². The minimum Gasteiger partial charge on any atom is -0.372 e. The molecule has 0 bridgehead atoms. The van der Waals surface area contributed by atoms with E-state index in [-0.39, 0.29) is 11.6 Å². The van der Waals surface area contributed by atoms with Crippen LogP contribution in [0, 0.1) is 5.92 Å². The van der Waals surface area contributed by atoms with Crippen LogP contribution < -0.4 is 5.73 Å². The topological polar surface area (TPSA) is 35.2 Å². The third-order valence-electron chi connectivity index (χ3n) is 6.07. The van der Waals surface area contributed by atoms with Gasteiger partial charge in [0.1, 0.15) is 0 Å². The third-order valence-corrected chi connectivity index (χ3v) is 6.07. The molecule has 0 radical (unpaired) electrons. The SMILES string of the molecule is NC1c2ccccc2CC1CC1CCC2(CCCCC2)O1. The van der Waals surface area contributed by atoms with Gasteiger partial charge < -0.3 is 10.5 Å². The van der Waals surface area contributed by atoms with Crippen LogP contribution in [-0.2, 0) is 11.2 Å². The number of hydrogen-bond acceptors (Lipinski definition) is 2. The van der Waals surface area contributed by atoms with E-state index in [0.29, 0.717) is 12.0 Å². The molecule has 2 heteroatoms. The van der Waals surface area contributed by atoms with Gasteiger partial charge in [0.15, 0.2) is 0 Å². The van der Waals surface area contributed by atoms with Crippen LogP contribution in [0.25, 0.3) is 0 Å². The van der Waals surface area contributed by atoms with Gasteiger partial charge in [-0.1, -0.05) is 43.5 Å². The Morgan fingerprint density at radius 1 is 1.10 bits per heavy atom. The van der Waals surface area contributed by atoms with Crippen molar-refractivity contribution in [3.8, 4) is 0 Å². The van der Waals surface area contributed by atoms with Crippen molar-refractivity contribution >= 4 is 0 Å². The molecule has 1 aliphatic heterocycles. The number of benzene rings is 1. The number of hydrogen-bond donors (Lipinski definition) is 1. The molecule has 1 heterocycles. The summed E-state index contributed by atoms with van der Waals surface area (Å²) in [5, 5.41) is 0. The fraction of sp³-hybridized carbons (Fsp3) is 0.684. The summed E-state index contributed by atoms with van der Waals surface area (Å²) in [4.78, 5) is 0. The van der Waals surface area contributed by atoms with Crippen LogP contribution in [0.5, 0.6) is 0 Å². The van der Waals surface area contributed by atoms with Gasteiger partial charge in [0.2, 0.25) is 0 Å². The minimum absolute atomic E-state index is 0.215. The van der Waals surface area contributed by atoms with Gasteiger partial charge in [0.05, 0.1) is 11.7 Å². The summed E-state index contributed by atoms with van der Waals surface area (Å²) in [7, 11) is 0. The molecule has 2 nitrogen and oxygen atoms in total. The summed E-state index contributed by atoms with van der Waals surface area (Å²) in [6.07, 6.45) is 12.0. The first-order valence-electron chi connectivity index (χ1n) is 8.77. The lowest BCUT2D eigenvalue weighted by Crippen LogP contribution is -2.32. The fourth-order valence-corrected chi connectivity index (χ4v) is 4.90. The molecule has 4 rings (SSSR count). The minimum atomic E-state index is 0.215. The zero-order chi connectivity index (χ0) is 14.3. The van der Waals surface area contributed by atoms with E-state index < -0.39 is 0 Å². The van der Waals surface area contributed by atoms with Gasteiger partial charge >= 0.3 is 0 Å². The highest BCUT2D eigenvalue weighted by atomic mass is 16.5. The number of rotatable bonds is 2. The highest BCUT2D eigenvalue weighted by Crippen LogP contribution is 2.45. The van der Waals surface area contributed by atoms with Crippen molar-refractivity contribution in [1.82, 2.24) is 0 Å². The Hall–Kier alpha value is -0.860. The molecule has 0 amide bonds. The monoisotopic (exact) mass is 285 g/mol. The maximum atomic E-state index is 6.54. The first kappa shape index (κ1) is 13.8. The Morgan fingerprint density at radius 2 is 1.90 bits per heavy atom. The van der Waals surface area contributed by atoms with Crippen molar-refractivity contribution in [1.29, 1.82) is 0 Å². The highest BCUT2D eigenvalue weighted by molar-refractivity contribution is 5.35. The molecule has 1 aromatic carbocycles. The first-order valence-corrected chi connectivity index (χ1v) is 8.77. The lowest BCUT2D eigenvalue weighted by atomic mass is 9.83. The van der Waals surface area contributed by atoms with Crippen LogP contribution >= 0.6 is 0 Å². The van der Waals surface area contributed by atoms with Gasteiger partial charge in [-0.2, -0.15) is 0 Å². The molecule has 0 aromatic heterocycles. The molecule has 3 aliphatic rings. The molecule has 21 heavy (non-hydrogen) atoms. The highest BCUT2D eigenvalue weighted by Gasteiger charge is 2.42. The summed E-state index contributed by atoms with van der Waals surface area (Å²) < 4.78 is 6.54. The lowest BCUT2D eigenvalue weighted by Gasteiger charge is -2.34. The van der Waals surface area contributed by atoms with E-state index in [9.17, 15) is 0 Å². The Bertz CT molecular complexity index is 506. The molecule has 2 fully saturated rings. The molecule has 114 valence electrons. The smallest absolute Gasteiger partial charge is 0.0687 e. The molecule has 2 aliphatic carbocycles. The van der Waals surface area contributed by atoms with Gasteiger partial charge in [0, 0.05) is 6.04 Å². The lowest BCUT2D eigenvalue weighted by molar-refractivity contribution is -0.0702. The average molecular weight is 285 g/mol. The molecular weight excluding hydrogens is 258 g/mol. The second-order valence-electron chi connectivity index (χ2n) is 7.45. The molecule has 1 saturated carbocycles. The van der Waals surface area contributed by atoms with Crippen LogP contribution in [0.15, 0.2) is 24.3 Å². The van der Waals surface area contributed by atoms with Crippen LogP contribution in [-0.4, -0.2) is 11.7 Å². The van der Waals surface area contributed by atoms with Crippen molar-refractivity contribution in [3.05, 3.63) is 35.4 Å². The van der Waals surface area contributed by atoms with E-state index in [4.69, 9.17) is 10.5 Å². The van der Waals surface area contributed by atoms with Crippen LogP contribution in [0.4, 0.5) is 0 Å². The van der Waals surface area contributed by atoms with Crippen LogP contribution in [0.2, 0.25) is 0 Å². The average Bonchev–Trinajstić information content (AvgIpc) is 3.03. The van der Waals surface area contributed by atoms with Crippen molar-refractivity contribution in [2.24, 2.45) is 11.7 Å². The second kappa shape index (κ2) is 5.40. The Morgan fingerprint density at radius 3 is 2.71 bits per heavy atom. The van der Waals surface area contributed by atoms with Crippen molar-refractivity contribution < 1.29 is 4.74 Å². The molecule has 3 unspecified atom stereocenters. The molecule has 1 saturated heterocycles. The number of nitrogens with two attached hydrogens (primary N) is 1. The standard InChI is InChI=1S/C19H27NO/c20-18-15(12-14-6-2-3-7-17(14)18)13-16-8-11-19(21-16)9-4-1-5-10-19/h2-3,6-7,15-16,18H,1,4-5,8-13,20H2. The molecule has 1 aromatic rings. The van der Waals surface area contributed by atoms with E-state index in [1.807, 2.05) is 0 Å². The van der Waals surface area contributed by atoms with Gasteiger partial charge in [-0.05, 0) is 55.6 Å². The summed E-state index contributed by atoms with van der Waals surface area (Å²) in [5.74, 6) is 0.575. The van der Waals surface area contributed by atoms with E-state index in [0.717, 1.165) is 12.8 Å². The van der Waals surface area contributed by atoms with E-state index >= 15 is 0 Å². The summed E-state index contributed by atoms with van der Waals surface area (Å²) in [5.41, 5.74) is 9.56. The summed E-state index contributed by atoms with van der Waals surface area (Å²) in [6, 6.07) is 8.92. The Labute approximate surface area is 128 Å². The van der Waals surface area contributed by atoms with Crippen LogP contribution in [0.3, 0.4) is 0 Å². The largest absolute Gasteiger partial charge is 0.372 e. The van der Waals surface area contributed by atoms with E-state index in [1.165, 1.54) is 56.1 Å². The summed E-state index contributed by atoms with van der Waals surface area (Å²) >= 11 is 0. The Balaban J connectivity index is 1.40. The molecule has 2 N–H and O–H groups in total. The van der Waals surface area contributed by atoms with Crippen molar-refractivity contribution in [2.75, 3.05) is 0 Å². The van der Waals surface area contributed by atoms with Gasteiger partial charge in [0.25, 0.3) is 0 Å². The van der Waals surface area contributed by atoms with Gasteiger partial charge in [-0.15, -0.1) is 0 Å². The Kier molecular flexibility index (Phi) is 3.55. The quantitative estimate of drug-likeness (QED) is 0.886. The fourth-order valence-electron chi connectivity index (χ4n) is 4.90. The predicted octanol–water partition coefficient (Wildman–Crippen LogP) is 4.13. The normalized spacial score (nSPS) is 34.2. The third kappa shape index (κ3) is 2.53. The van der Waals surface area contributed by atoms with E-state index in [1.54, 1.807) is 0 Å². The first-order chi connectivity index (χ1) is 10.3. The molecule has 1 spiro atoms. The second-order valence-corrected chi connectivity index (χ2v) is 7.45. The van der Waals surface area contributed by atoms with Crippen molar-refractivity contribution in [2.45, 2.75) is 75.5 Å². The van der Waals surface area contributed by atoms with E-state index in [2.05, 4.69) is 24.3 Å². The predicted molar refractivity (Wildman–Crippen MR) is 85.1 cm³/mol. The maximum Gasteiger partial charge on any atom is 0.0687 e. The summed E-state index contributed by atoms with van der Waals surface area (Å²) in [6.45, 7) is 0. The van der Waals surface area contributed by atoms with Crippen LogP contribution in [0.1, 0.15) is 68.5 Å². The molecular formula is C19H27NO. The number of fused-ring (bicyclic) bond motifs is 1. The zero-order valence-corrected chi connectivity index (χ0v) is 12.9. The molecule has 3 atom stereocenters.